The highest BCUT2D eigenvalue weighted by atomic mass is 16.5. The van der Waals surface area contributed by atoms with E-state index in [9.17, 15) is 0 Å². The monoisotopic (exact) mass is 357 g/mol. The highest BCUT2D eigenvalue weighted by Crippen LogP contribution is 2.29. The van der Waals surface area contributed by atoms with Gasteiger partial charge >= 0.3 is 0 Å². The summed E-state index contributed by atoms with van der Waals surface area (Å²) in [6.07, 6.45) is 8.18. The molecule has 144 valence electrons. The number of ether oxygens (including phenoxy) is 1. The Morgan fingerprint density at radius 3 is 2.69 bits per heavy atom. The van der Waals surface area contributed by atoms with Crippen molar-refractivity contribution in [2.45, 2.75) is 57.2 Å². The summed E-state index contributed by atoms with van der Waals surface area (Å²) in [6.45, 7) is 7.86. The topological polar surface area (TPSA) is 19.0 Å². The number of hydrogen-bond acceptors (Lipinski definition) is 4. The largest absolute Gasteiger partial charge is 0.492 e. The van der Waals surface area contributed by atoms with Crippen molar-refractivity contribution < 1.29 is 4.74 Å². The lowest BCUT2D eigenvalue weighted by atomic mass is 10.1. The molecule has 3 fully saturated rings. The Bertz CT molecular complexity index is 572. The second-order valence-electron chi connectivity index (χ2n) is 8.47. The lowest BCUT2D eigenvalue weighted by Gasteiger charge is -2.26. The van der Waals surface area contributed by atoms with E-state index < -0.39 is 0 Å². The molecule has 3 heterocycles. The Labute approximate surface area is 159 Å². The Kier molecular flexibility index (Phi) is 6.13. The molecule has 0 aromatic heterocycles. The molecule has 1 aromatic carbocycles. The number of fused-ring (bicyclic) bond motifs is 2. The molecule has 2 bridgehead atoms. The van der Waals surface area contributed by atoms with Crippen LogP contribution in [0.25, 0.3) is 0 Å². The van der Waals surface area contributed by atoms with E-state index >= 15 is 0 Å². The van der Waals surface area contributed by atoms with Crippen LogP contribution in [0.5, 0.6) is 5.75 Å². The number of benzene rings is 1. The third-order valence-corrected chi connectivity index (χ3v) is 6.66. The van der Waals surface area contributed by atoms with Gasteiger partial charge in [0.05, 0.1) is 0 Å². The van der Waals surface area contributed by atoms with Gasteiger partial charge < -0.3 is 4.74 Å². The first-order valence-corrected chi connectivity index (χ1v) is 10.7. The highest BCUT2D eigenvalue weighted by molar-refractivity contribution is 5.28. The fourth-order valence-corrected chi connectivity index (χ4v) is 4.99. The summed E-state index contributed by atoms with van der Waals surface area (Å²) in [5, 5.41) is 0. The smallest absolute Gasteiger partial charge is 0.119 e. The van der Waals surface area contributed by atoms with Crippen molar-refractivity contribution in [1.82, 2.24) is 14.7 Å². The fraction of sp³-hybridized carbons (Fsp3) is 0.727. The minimum atomic E-state index is 0.756. The molecule has 3 saturated heterocycles. The molecule has 0 N–H and O–H groups in total. The van der Waals surface area contributed by atoms with Gasteiger partial charge in [-0.2, -0.15) is 0 Å². The van der Waals surface area contributed by atoms with E-state index in [0.717, 1.165) is 37.5 Å². The molecule has 26 heavy (non-hydrogen) atoms. The SMILES string of the molecule is CN1[C@H]2CC[C@@H]1CN(Cc1cccc(OCCN3CCCCC3)c1)CC2. The average molecular weight is 358 g/mol. The van der Waals surface area contributed by atoms with E-state index in [1.54, 1.807) is 0 Å². The first-order valence-electron chi connectivity index (χ1n) is 10.7. The summed E-state index contributed by atoms with van der Waals surface area (Å²) in [4.78, 5) is 7.81. The van der Waals surface area contributed by atoms with Crippen LogP contribution in [0.1, 0.15) is 44.1 Å². The minimum Gasteiger partial charge on any atom is -0.492 e. The summed E-state index contributed by atoms with van der Waals surface area (Å²) in [5.41, 5.74) is 1.39. The first kappa shape index (κ1) is 18.3. The number of likely N-dealkylation sites (tertiary alicyclic amines) is 2. The van der Waals surface area contributed by atoms with E-state index in [2.05, 4.69) is 46.0 Å². The maximum Gasteiger partial charge on any atom is 0.119 e. The van der Waals surface area contributed by atoms with E-state index in [1.807, 2.05) is 0 Å². The van der Waals surface area contributed by atoms with Crippen LogP contribution in [0.3, 0.4) is 0 Å². The van der Waals surface area contributed by atoms with E-state index in [1.165, 1.54) is 70.3 Å². The first-order chi connectivity index (χ1) is 12.8. The molecule has 0 spiro atoms. The number of likely N-dealkylation sites (N-methyl/N-ethyl adjacent to an activating group) is 1. The molecule has 0 aliphatic carbocycles. The van der Waals surface area contributed by atoms with Crippen LogP contribution in [0.2, 0.25) is 0 Å². The van der Waals surface area contributed by atoms with Gasteiger partial charge in [-0.3, -0.25) is 14.7 Å². The average Bonchev–Trinajstić information content (AvgIpc) is 2.91. The second kappa shape index (κ2) is 8.73. The van der Waals surface area contributed by atoms with Crippen LogP contribution in [-0.2, 0) is 6.54 Å². The van der Waals surface area contributed by atoms with Crippen molar-refractivity contribution >= 4 is 0 Å². The van der Waals surface area contributed by atoms with Gasteiger partial charge in [0.1, 0.15) is 12.4 Å². The molecule has 3 aliphatic heterocycles. The summed E-state index contributed by atoms with van der Waals surface area (Å²) in [6, 6.07) is 10.3. The molecule has 3 aliphatic rings. The molecular weight excluding hydrogens is 322 g/mol. The van der Waals surface area contributed by atoms with Crippen molar-refractivity contribution in [3.63, 3.8) is 0 Å². The lowest BCUT2D eigenvalue weighted by Crippen LogP contribution is -2.36. The van der Waals surface area contributed by atoms with Crippen molar-refractivity contribution in [3.8, 4) is 5.75 Å². The van der Waals surface area contributed by atoms with Crippen LogP contribution in [0.4, 0.5) is 0 Å². The van der Waals surface area contributed by atoms with E-state index in [0.29, 0.717) is 0 Å². The van der Waals surface area contributed by atoms with Crippen LogP contribution in [0, 0.1) is 0 Å². The maximum absolute atomic E-state index is 6.06. The zero-order valence-electron chi connectivity index (χ0n) is 16.4. The van der Waals surface area contributed by atoms with E-state index in [4.69, 9.17) is 4.74 Å². The molecule has 2 atom stereocenters. The third-order valence-electron chi connectivity index (χ3n) is 6.66. The van der Waals surface area contributed by atoms with Gasteiger partial charge in [0.2, 0.25) is 0 Å². The molecule has 0 unspecified atom stereocenters. The van der Waals surface area contributed by atoms with Gasteiger partial charge in [-0.15, -0.1) is 0 Å². The minimum absolute atomic E-state index is 0.756. The Morgan fingerprint density at radius 2 is 1.81 bits per heavy atom. The Hall–Kier alpha value is -1.10. The molecular formula is C22H35N3O. The normalized spacial score (nSPS) is 28.2. The van der Waals surface area contributed by atoms with Gasteiger partial charge in [0, 0.05) is 38.3 Å². The summed E-state index contributed by atoms with van der Waals surface area (Å²) >= 11 is 0. The zero-order chi connectivity index (χ0) is 17.8. The standard InChI is InChI=1S/C22H35N3O/c1-23-20-8-9-21(23)18-25(13-10-20)17-19-6-5-7-22(16-19)26-15-14-24-11-3-2-4-12-24/h5-7,16,20-21H,2-4,8-15,17-18H2,1H3/t20-,21+/m0/s1. The second-order valence-corrected chi connectivity index (χ2v) is 8.47. The predicted octanol–water partition coefficient (Wildman–Crippen LogP) is 3.22. The quantitative estimate of drug-likeness (QED) is 0.778. The predicted molar refractivity (Wildman–Crippen MR) is 107 cm³/mol. The molecule has 1 aromatic rings. The van der Waals surface area contributed by atoms with Gasteiger partial charge in [0.15, 0.2) is 0 Å². The van der Waals surface area contributed by atoms with Crippen molar-refractivity contribution in [3.05, 3.63) is 29.8 Å². The van der Waals surface area contributed by atoms with E-state index in [-0.39, 0.29) is 0 Å². The maximum atomic E-state index is 6.06. The van der Waals surface area contributed by atoms with Crippen LogP contribution in [0.15, 0.2) is 24.3 Å². The van der Waals surface area contributed by atoms with Crippen LogP contribution < -0.4 is 4.74 Å². The van der Waals surface area contributed by atoms with Gasteiger partial charge in [-0.05, 0) is 69.9 Å². The van der Waals surface area contributed by atoms with Crippen molar-refractivity contribution in [2.75, 3.05) is 46.4 Å². The Balaban J connectivity index is 1.27. The van der Waals surface area contributed by atoms with Gasteiger partial charge in [-0.1, -0.05) is 18.6 Å². The van der Waals surface area contributed by atoms with Crippen LogP contribution >= 0.6 is 0 Å². The van der Waals surface area contributed by atoms with Crippen molar-refractivity contribution in [1.29, 1.82) is 0 Å². The number of piperidine rings is 1. The molecule has 4 nitrogen and oxygen atoms in total. The number of nitrogens with zero attached hydrogens (tertiary/aromatic N) is 3. The Morgan fingerprint density at radius 1 is 0.962 bits per heavy atom. The molecule has 0 saturated carbocycles. The summed E-state index contributed by atoms with van der Waals surface area (Å²) in [5.74, 6) is 1.04. The highest BCUT2D eigenvalue weighted by Gasteiger charge is 2.34. The third kappa shape index (κ3) is 4.59. The number of hydrogen-bond donors (Lipinski definition) is 0. The van der Waals surface area contributed by atoms with Gasteiger partial charge in [0.25, 0.3) is 0 Å². The molecule has 4 rings (SSSR count). The molecule has 0 amide bonds. The lowest BCUT2D eigenvalue weighted by molar-refractivity contribution is 0.183. The molecule has 0 radical (unpaired) electrons. The van der Waals surface area contributed by atoms with Crippen LogP contribution in [-0.4, -0.2) is 73.2 Å². The number of rotatable bonds is 6. The van der Waals surface area contributed by atoms with Gasteiger partial charge in [-0.25, -0.2) is 0 Å². The summed E-state index contributed by atoms with van der Waals surface area (Å²) < 4.78 is 6.06. The zero-order valence-corrected chi connectivity index (χ0v) is 16.4. The van der Waals surface area contributed by atoms with Crippen molar-refractivity contribution in [2.24, 2.45) is 0 Å². The summed E-state index contributed by atoms with van der Waals surface area (Å²) in [7, 11) is 2.32. The fourth-order valence-electron chi connectivity index (χ4n) is 4.99. The molecule has 4 heteroatoms.